The maximum Gasteiger partial charge on any atom is 0.128 e. The highest BCUT2D eigenvalue weighted by Gasteiger charge is 2.58. The van der Waals surface area contributed by atoms with E-state index in [9.17, 15) is 0 Å². The summed E-state index contributed by atoms with van der Waals surface area (Å²) < 4.78 is 0. The lowest BCUT2D eigenvalue weighted by atomic mass is 9.46. The van der Waals surface area contributed by atoms with Gasteiger partial charge in [-0.15, -0.1) is 0 Å². The molecule has 4 heteroatoms. The molecule has 1 aromatic rings. The molecule has 0 atom stereocenters. The highest BCUT2D eigenvalue weighted by Crippen LogP contribution is 2.62. The molecule has 4 rings (SSSR count). The Labute approximate surface area is 146 Å². The molecule has 1 aliphatic heterocycles. The van der Waals surface area contributed by atoms with Gasteiger partial charge in [0.2, 0.25) is 0 Å². The minimum absolute atomic E-state index is 0.181. The molecule has 24 heavy (non-hydrogen) atoms. The van der Waals surface area contributed by atoms with Crippen LogP contribution in [0, 0.1) is 17.8 Å². The molecule has 1 aromatic heterocycles. The predicted molar refractivity (Wildman–Crippen MR) is 98.9 cm³/mol. The van der Waals surface area contributed by atoms with Crippen LogP contribution in [-0.4, -0.2) is 24.1 Å². The van der Waals surface area contributed by atoms with Crippen molar-refractivity contribution in [2.75, 3.05) is 18.0 Å². The molecule has 132 valence electrons. The zero-order chi connectivity index (χ0) is 17.2. The van der Waals surface area contributed by atoms with E-state index in [0.29, 0.717) is 16.9 Å². The first-order valence-corrected chi connectivity index (χ1v) is 9.48. The summed E-state index contributed by atoms with van der Waals surface area (Å²) in [5, 5.41) is 0. The topological polar surface area (TPSA) is 68.2 Å². The number of anilines is 1. The summed E-state index contributed by atoms with van der Waals surface area (Å²) >= 11 is 0. The van der Waals surface area contributed by atoms with Gasteiger partial charge in [-0.05, 0) is 67.9 Å². The number of hydrogen-bond acceptors (Lipinski definition) is 4. The molecule has 2 saturated carbocycles. The SMILES string of the molecule is Cc1nc(N2CCC(C)(C)CC2)ccc1C1(N)CC2(CC(N)C2)C1. The molecule has 1 spiro atoms. The summed E-state index contributed by atoms with van der Waals surface area (Å²) in [6.45, 7) is 9.06. The summed E-state index contributed by atoms with van der Waals surface area (Å²) in [6.07, 6.45) is 6.93. The van der Waals surface area contributed by atoms with Crippen molar-refractivity contribution in [2.24, 2.45) is 22.3 Å². The van der Waals surface area contributed by atoms with Gasteiger partial charge in [-0.1, -0.05) is 19.9 Å². The van der Waals surface area contributed by atoms with Gasteiger partial charge in [-0.25, -0.2) is 4.98 Å². The van der Waals surface area contributed by atoms with Crippen LogP contribution in [0.2, 0.25) is 0 Å². The zero-order valence-electron chi connectivity index (χ0n) is 15.4. The van der Waals surface area contributed by atoms with E-state index in [-0.39, 0.29) is 5.54 Å². The second-order valence-corrected chi connectivity index (χ2v) is 9.63. The van der Waals surface area contributed by atoms with Gasteiger partial charge in [0, 0.05) is 30.4 Å². The third kappa shape index (κ3) is 2.64. The van der Waals surface area contributed by atoms with Crippen LogP contribution < -0.4 is 16.4 Å². The molecule has 2 heterocycles. The van der Waals surface area contributed by atoms with Crippen molar-refractivity contribution in [3.63, 3.8) is 0 Å². The van der Waals surface area contributed by atoms with Gasteiger partial charge in [0.1, 0.15) is 5.82 Å². The fourth-order valence-corrected chi connectivity index (χ4v) is 5.41. The van der Waals surface area contributed by atoms with E-state index in [1.807, 2.05) is 0 Å². The van der Waals surface area contributed by atoms with Gasteiger partial charge in [0.25, 0.3) is 0 Å². The van der Waals surface area contributed by atoms with Crippen molar-refractivity contribution in [2.45, 2.75) is 70.9 Å². The van der Waals surface area contributed by atoms with Crippen LogP contribution in [0.5, 0.6) is 0 Å². The number of aromatic nitrogens is 1. The molecule has 3 aliphatic rings. The zero-order valence-corrected chi connectivity index (χ0v) is 15.4. The van der Waals surface area contributed by atoms with Crippen molar-refractivity contribution >= 4 is 5.82 Å². The van der Waals surface area contributed by atoms with Crippen LogP contribution in [0.15, 0.2) is 12.1 Å². The highest BCUT2D eigenvalue weighted by molar-refractivity contribution is 5.45. The maximum atomic E-state index is 6.73. The second-order valence-electron chi connectivity index (χ2n) is 9.63. The number of pyridine rings is 1. The van der Waals surface area contributed by atoms with Crippen molar-refractivity contribution < 1.29 is 0 Å². The predicted octanol–water partition coefficient (Wildman–Crippen LogP) is 3.07. The van der Waals surface area contributed by atoms with E-state index >= 15 is 0 Å². The van der Waals surface area contributed by atoms with E-state index in [0.717, 1.165) is 50.3 Å². The molecule has 0 bridgehead atoms. The maximum absolute atomic E-state index is 6.73. The summed E-state index contributed by atoms with van der Waals surface area (Å²) in [4.78, 5) is 7.35. The van der Waals surface area contributed by atoms with Crippen molar-refractivity contribution in [3.8, 4) is 0 Å². The molecule has 0 radical (unpaired) electrons. The van der Waals surface area contributed by atoms with Gasteiger partial charge >= 0.3 is 0 Å². The fraction of sp³-hybridized carbons (Fsp3) is 0.750. The molecule has 1 saturated heterocycles. The van der Waals surface area contributed by atoms with E-state index < -0.39 is 0 Å². The lowest BCUT2D eigenvalue weighted by molar-refractivity contribution is -0.0593. The van der Waals surface area contributed by atoms with Crippen molar-refractivity contribution in [1.29, 1.82) is 0 Å². The number of hydrogen-bond donors (Lipinski definition) is 2. The average molecular weight is 329 g/mol. The first-order chi connectivity index (χ1) is 11.2. The van der Waals surface area contributed by atoms with Gasteiger partial charge in [0.15, 0.2) is 0 Å². The van der Waals surface area contributed by atoms with Gasteiger partial charge in [0.05, 0.1) is 0 Å². The molecule has 0 aromatic carbocycles. The Balaban J connectivity index is 1.47. The first kappa shape index (κ1) is 16.3. The molecule has 3 fully saturated rings. The number of nitrogens with two attached hydrogens (primary N) is 2. The van der Waals surface area contributed by atoms with E-state index in [4.69, 9.17) is 16.5 Å². The van der Waals surface area contributed by atoms with Crippen molar-refractivity contribution in [1.82, 2.24) is 4.98 Å². The van der Waals surface area contributed by atoms with Crippen LogP contribution in [-0.2, 0) is 5.54 Å². The third-order valence-corrected chi connectivity index (χ3v) is 6.82. The summed E-state index contributed by atoms with van der Waals surface area (Å²) in [6, 6.07) is 4.83. The van der Waals surface area contributed by atoms with Gasteiger partial charge < -0.3 is 16.4 Å². The average Bonchev–Trinajstić information content (AvgIpc) is 2.43. The van der Waals surface area contributed by atoms with Crippen LogP contribution in [0.4, 0.5) is 5.82 Å². The first-order valence-electron chi connectivity index (χ1n) is 9.48. The third-order valence-electron chi connectivity index (χ3n) is 6.82. The number of rotatable bonds is 2. The molecule has 0 unspecified atom stereocenters. The van der Waals surface area contributed by atoms with Crippen LogP contribution in [0.1, 0.15) is 63.6 Å². The van der Waals surface area contributed by atoms with Crippen LogP contribution >= 0.6 is 0 Å². The normalized spacial score (nSPS) is 37.9. The van der Waals surface area contributed by atoms with Crippen LogP contribution in [0.25, 0.3) is 0 Å². The molecule has 2 aliphatic carbocycles. The molecule has 4 N–H and O–H groups in total. The number of nitrogens with zero attached hydrogens (tertiary/aromatic N) is 2. The fourth-order valence-electron chi connectivity index (χ4n) is 5.41. The molecule has 0 amide bonds. The molecular formula is C20H32N4. The Morgan fingerprint density at radius 2 is 1.75 bits per heavy atom. The van der Waals surface area contributed by atoms with Crippen molar-refractivity contribution in [3.05, 3.63) is 23.4 Å². The Morgan fingerprint density at radius 3 is 2.29 bits per heavy atom. The summed E-state index contributed by atoms with van der Waals surface area (Å²) in [7, 11) is 0. The Morgan fingerprint density at radius 1 is 1.12 bits per heavy atom. The minimum Gasteiger partial charge on any atom is -0.357 e. The van der Waals surface area contributed by atoms with Gasteiger partial charge in [-0.2, -0.15) is 0 Å². The second kappa shape index (κ2) is 5.18. The quantitative estimate of drug-likeness (QED) is 0.875. The standard InChI is InChI=1S/C20H32N4/c1-14-16(20(22)12-19(13-20)10-15(21)11-19)4-5-17(23-14)24-8-6-18(2,3)7-9-24/h4-5,15H,6-13,21-22H2,1-3H3. The Bertz CT molecular complexity index is 627. The molecular weight excluding hydrogens is 296 g/mol. The Hall–Kier alpha value is -1.13. The largest absolute Gasteiger partial charge is 0.357 e. The lowest BCUT2D eigenvalue weighted by Gasteiger charge is -2.62. The molecule has 4 nitrogen and oxygen atoms in total. The van der Waals surface area contributed by atoms with Gasteiger partial charge in [-0.3, -0.25) is 0 Å². The van der Waals surface area contributed by atoms with E-state index in [1.165, 1.54) is 18.4 Å². The summed E-state index contributed by atoms with van der Waals surface area (Å²) in [5.74, 6) is 1.12. The minimum atomic E-state index is -0.181. The van der Waals surface area contributed by atoms with E-state index in [2.05, 4.69) is 37.8 Å². The number of aryl methyl sites for hydroxylation is 1. The Kier molecular flexibility index (Phi) is 3.53. The smallest absolute Gasteiger partial charge is 0.128 e. The monoisotopic (exact) mass is 328 g/mol. The van der Waals surface area contributed by atoms with Crippen LogP contribution in [0.3, 0.4) is 0 Å². The number of piperidine rings is 1. The summed E-state index contributed by atoms with van der Waals surface area (Å²) in [5.41, 5.74) is 15.8. The van der Waals surface area contributed by atoms with E-state index in [1.54, 1.807) is 0 Å². The lowest BCUT2D eigenvalue weighted by Crippen LogP contribution is -2.63. The highest BCUT2D eigenvalue weighted by atomic mass is 15.2.